The van der Waals surface area contributed by atoms with Crippen molar-refractivity contribution < 1.29 is 9.90 Å². The van der Waals surface area contributed by atoms with Crippen molar-refractivity contribution in [2.45, 2.75) is 16.6 Å². The minimum absolute atomic E-state index is 0.336. The van der Waals surface area contributed by atoms with Crippen molar-refractivity contribution in [1.29, 1.82) is 0 Å². The van der Waals surface area contributed by atoms with E-state index < -0.39 is 11.2 Å². The van der Waals surface area contributed by atoms with Gasteiger partial charge in [-0.1, -0.05) is 34.8 Å². The van der Waals surface area contributed by atoms with Gasteiger partial charge in [0.25, 0.3) is 0 Å². The molecule has 0 saturated heterocycles. The van der Waals surface area contributed by atoms with Crippen molar-refractivity contribution in [1.82, 2.24) is 0 Å². The van der Waals surface area contributed by atoms with Crippen LogP contribution in [-0.4, -0.2) is 16.3 Å². The van der Waals surface area contributed by atoms with Gasteiger partial charge in [0.1, 0.15) is 5.25 Å². The van der Waals surface area contributed by atoms with Gasteiger partial charge in [-0.3, -0.25) is 4.79 Å². The molecule has 0 amide bonds. The first-order chi connectivity index (χ1) is 9.94. The third-order valence-electron chi connectivity index (χ3n) is 2.71. The Kier molecular flexibility index (Phi) is 5.82. The molecular formula is C15H11Cl3O2S. The van der Waals surface area contributed by atoms with E-state index in [1.807, 2.05) is 0 Å². The molecule has 0 heterocycles. The van der Waals surface area contributed by atoms with Crippen LogP contribution in [-0.2, 0) is 11.2 Å². The summed E-state index contributed by atoms with van der Waals surface area (Å²) in [5, 5.41) is 10.4. The maximum absolute atomic E-state index is 11.4. The summed E-state index contributed by atoms with van der Waals surface area (Å²) in [6, 6.07) is 12.1. The second kappa shape index (κ2) is 7.41. The molecule has 1 atom stereocenters. The Balaban J connectivity index is 2.15. The topological polar surface area (TPSA) is 37.3 Å². The highest BCUT2D eigenvalue weighted by molar-refractivity contribution is 8.00. The van der Waals surface area contributed by atoms with Gasteiger partial charge in [0.05, 0.1) is 0 Å². The third kappa shape index (κ3) is 5.11. The van der Waals surface area contributed by atoms with E-state index in [2.05, 4.69) is 0 Å². The quantitative estimate of drug-likeness (QED) is 0.721. The second-order valence-electron chi connectivity index (χ2n) is 4.38. The van der Waals surface area contributed by atoms with Gasteiger partial charge in [-0.2, -0.15) is 0 Å². The van der Waals surface area contributed by atoms with E-state index in [-0.39, 0.29) is 0 Å². The Hall–Kier alpha value is -0.870. The maximum Gasteiger partial charge on any atom is 0.317 e. The van der Waals surface area contributed by atoms with Crippen molar-refractivity contribution in [3.05, 3.63) is 63.1 Å². The molecule has 2 aromatic carbocycles. The van der Waals surface area contributed by atoms with Crippen LogP contribution in [0.3, 0.4) is 0 Å². The van der Waals surface area contributed by atoms with Crippen molar-refractivity contribution >= 4 is 52.5 Å². The number of carboxylic acids is 1. The van der Waals surface area contributed by atoms with Crippen LogP contribution in [0, 0.1) is 0 Å². The number of aliphatic carboxylic acids is 1. The predicted molar refractivity (Wildman–Crippen MR) is 88.9 cm³/mol. The van der Waals surface area contributed by atoms with Crippen molar-refractivity contribution in [3.8, 4) is 0 Å². The smallest absolute Gasteiger partial charge is 0.317 e. The highest BCUT2D eigenvalue weighted by atomic mass is 35.5. The number of hydrogen-bond donors (Lipinski definition) is 1. The van der Waals surface area contributed by atoms with Gasteiger partial charge in [-0.05, 0) is 54.4 Å². The molecule has 0 aliphatic carbocycles. The number of hydrogen-bond acceptors (Lipinski definition) is 2. The molecule has 0 saturated carbocycles. The van der Waals surface area contributed by atoms with E-state index in [9.17, 15) is 9.90 Å². The summed E-state index contributed by atoms with van der Waals surface area (Å²) >= 11 is 19.0. The SMILES string of the molecule is O=C(O)[C@H](Cc1cc(Cl)cc(Cl)c1)Sc1ccc(Cl)cc1. The first-order valence-electron chi connectivity index (χ1n) is 6.04. The molecule has 0 aliphatic rings. The Labute approximate surface area is 142 Å². The molecule has 0 bridgehead atoms. The molecule has 110 valence electrons. The molecule has 0 radical (unpaired) electrons. The minimum atomic E-state index is -0.883. The average molecular weight is 362 g/mol. The number of carbonyl (C=O) groups is 1. The Bertz CT molecular complexity index is 624. The molecule has 2 rings (SSSR count). The summed E-state index contributed by atoms with van der Waals surface area (Å²) < 4.78 is 0. The van der Waals surface area contributed by atoms with Crippen LogP contribution in [0.5, 0.6) is 0 Å². The third-order valence-corrected chi connectivity index (χ3v) is 4.60. The molecule has 0 unspecified atom stereocenters. The first kappa shape index (κ1) is 16.5. The molecule has 0 aromatic heterocycles. The van der Waals surface area contributed by atoms with Crippen LogP contribution >= 0.6 is 46.6 Å². The molecule has 0 fully saturated rings. The molecule has 2 nitrogen and oxygen atoms in total. The Morgan fingerprint density at radius 3 is 2.10 bits per heavy atom. The lowest BCUT2D eigenvalue weighted by atomic mass is 10.1. The van der Waals surface area contributed by atoms with Crippen LogP contribution in [0.25, 0.3) is 0 Å². The molecule has 6 heteroatoms. The van der Waals surface area contributed by atoms with Gasteiger partial charge in [0, 0.05) is 20.0 Å². The molecular weight excluding hydrogens is 351 g/mol. The van der Waals surface area contributed by atoms with E-state index in [1.54, 1.807) is 42.5 Å². The van der Waals surface area contributed by atoms with Gasteiger partial charge in [-0.25, -0.2) is 0 Å². The summed E-state index contributed by atoms with van der Waals surface area (Å²) in [6.45, 7) is 0. The second-order valence-corrected chi connectivity index (χ2v) is 6.97. The summed E-state index contributed by atoms with van der Waals surface area (Å²) in [4.78, 5) is 12.3. The normalized spacial score (nSPS) is 12.1. The van der Waals surface area contributed by atoms with Gasteiger partial charge < -0.3 is 5.11 Å². The Morgan fingerprint density at radius 2 is 1.57 bits per heavy atom. The lowest BCUT2D eigenvalue weighted by molar-refractivity contribution is -0.136. The minimum Gasteiger partial charge on any atom is -0.480 e. The van der Waals surface area contributed by atoms with Crippen LogP contribution in [0.1, 0.15) is 5.56 Å². The lowest BCUT2D eigenvalue weighted by Gasteiger charge is -2.13. The standard InChI is InChI=1S/C15H11Cl3O2S/c16-10-1-3-13(4-2-10)21-14(15(19)20)7-9-5-11(17)8-12(18)6-9/h1-6,8,14H,7H2,(H,19,20)/t14-/m0/s1. The molecule has 1 N–H and O–H groups in total. The fourth-order valence-electron chi connectivity index (χ4n) is 1.80. The van der Waals surface area contributed by atoms with Crippen LogP contribution in [0.2, 0.25) is 15.1 Å². The number of benzene rings is 2. The van der Waals surface area contributed by atoms with Gasteiger partial charge in [-0.15, -0.1) is 11.8 Å². The van der Waals surface area contributed by atoms with Gasteiger partial charge >= 0.3 is 5.97 Å². The van der Waals surface area contributed by atoms with Crippen molar-refractivity contribution in [2.24, 2.45) is 0 Å². The fraction of sp³-hybridized carbons (Fsp3) is 0.133. The summed E-state index contributed by atoms with van der Waals surface area (Å²) in [7, 11) is 0. The monoisotopic (exact) mass is 360 g/mol. The fourth-order valence-corrected chi connectivity index (χ4v) is 3.50. The maximum atomic E-state index is 11.4. The van der Waals surface area contributed by atoms with Crippen LogP contribution in [0.15, 0.2) is 47.4 Å². The van der Waals surface area contributed by atoms with E-state index in [4.69, 9.17) is 34.8 Å². The van der Waals surface area contributed by atoms with Crippen molar-refractivity contribution in [2.75, 3.05) is 0 Å². The first-order valence-corrected chi connectivity index (χ1v) is 8.05. The molecule has 21 heavy (non-hydrogen) atoms. The average Bonchev–Trinajstić information content (AvgIpc) is 2.39. The van der Waals surface area contributed by atoms with E-state index in [0.29, 0.717) is 21.5 Å². The molecule has 0 aliphatic heterocycles. The number of rotatable bonds is 5. The lowest BCUT2D eigenvalue weighted by Crippen LogP contribution is -2.19. The highest BCUT2D eigenvalue weighted by Gasteiger charge is 2.20. The van der Waals surface area contributed by atoms with Crippen molar-refractivity contribution in [3.63, 3.8) is 0 Å². The number of halogens is 3. The molecule has 2 aromatic rings. The van der Waals surface area contributed by atoms with E-state index >= 15 is 0 Å². The van der Waals surface area contributed by atoms with Crippen LogP contribution < -0.4 is 0 Å². The summed E-state index contributed by atoms with van der Waals surface area (Å²) in [6.07, 6.45) is 0.336. The highest BCUT2D eigenvalue weighted by Crippen LogP contribution is 2.29. The van der Waals surface area contributed by atoms with Crippen LogP contribution in [0.4, 0.5) is 0 Å². The predicted octanol–water partition coefficient (Wildman–Crippen LogP) is 5.43. The van der Waals surface area contributed by atoms with E-state index in [1.165, 1.54) is 11.8 Å². The summed E-state index contributed by atoms with van der Waals surface area (Å²) in [5.74, 6) is -0.883. The number of thioether (sulfide) groups is 1. The largest absolute Gasteiger partial charge is 0.480 e. The molecule has 0 spiro atoms. The Morgan fingerprint density at radius 1 is 1.00 bits per heavy atom. The van der Waals surface area contributed by atoms with Gasteiger partial charge in [0.2, 0.25) is 0 Å². The summed E-state index contributed by atoms with van der Waals surface area (Å²) in [5.41, 5.74) is 0.793. The number of carboxylic acid groups (broad SMARTS) is 1. The zero-order valence-corrected chi connectivity index (χ0v) is 13.8. The van der Waals surface area contributed by atoms with Gasteiger partial charge in [0.15, 0.2) is 0 Å². The zero-order chi connectivity index (χ0) is 15.4. The zero-order valence-electron chi connectivity index (χ0n) is 10.7. The van der Waals surface area contributed by atoms with E-state index in [0.717, 1.165) is 10.5 Å².